The molecule has 0 radical (unpaired) electrons. The monoisotopic (exact) mass is 1980 g/mol. The van der Waals surface area contributed by atoms with Gasteiger partial charge in [0.2, 0.25) is 0 Å². The van der Waals surface area contributed by atoms with Gasteiger partial charge in [0.25, 0.3) is 0 Å². The molecule has 0 saturated heterocycles. The molecule has 62 heavy (non-hydrogen) atoms. The summed E-state index contributed by atoms with van der Waals surface area (Å²) in [6.45, 7) is 0. The Morgan fingerprint density at radius 1 is 0.403 bits per heavy atom. The molecule has 0 spiro atoms. The van der Waals surface area contributed by atoms with E-state index in [4.69, 9.17) is 7.52 Å². The van der Waals surface area contributed by atoms with E-state index < -0.39 is 214 Å². The van der Waals surface area contributed by atoms with Crippen LogP contribution >= 0.6 is 19.2 Å². The van der Waals surface area contributed by atoms with Crippen LogP contribution in [0.2, 0.25) is 0 Å². The van der Waals surface area contributed by atoms with E-state index in [0.717, 1.165) is 0 Å². The first-order chi connectivity index (χ1) is 27.0. The number of phosphoric acid groups is 1. The van der Waals surface area contributed by atoms with E-state index in [-0.39, 0.29) is 10.2 Å². The number of thiazole rings is 1. The molecule has 0 unspecified atom stereocenters. The van der Waals surface area contributed by atoms with Crippen molar-refractivity contribution in [3.63, 3.8) is 0 Å². The van der Waals surface area contributed by atoms with Crippen molar-refractivity contribution < 1.29 is 326 Å². The number of hydrogen-bond donors (Lipinski definition) is 2. The van der Waals surface area contributed by atoms with E-state index in [2.05, 4.69) is 36.3 Å². The number of rotatable bonds is 26. The van der Waals surface area contributed by atoms with Gasteiger partial charge in [-0.25, -0.2) is 0 Å². The maximum atomic E-state index is 13.0. The summed E-state index contributed by atoms with van der Waals surface area (Å²) in [5.41, 5.74) is 0.0533. The number of para-hydroxylation sites is 1. The Bertz CT molecular complexity index is 3350. The summed E-state index contributed by atoms with van der Waals surface area (Å²) in [5, 5.41) is -0.861. The molecule has 0 atom stereocenters. The SMILES string of the molecule is O=P([O][Mo](=[O])(=[O])[O][Mo](=[O])(=[O])[O][Mo](=[O])(=[O])[O][Mo](=[O])(=[O])[OH])([O][Mo](=[O])(=[O])[O][Mo](=[O])(=[O])[O][Mo](=[O])(=[O])[O][Mo](=[O])(=[O])[OH])[O][Mo](=[O])(=[O])[O][Mo](=[O])(=[O])[O][Mo](=[O])(=[O])[O][Mo](=[O])(=[O])[O]c1nc2ccccc2s1. The van der Waals surface area contributed by atoms with Gasteiger partial charge in [-0.1, -0.05) is 0 Å². The van der Waals surface area contributed by atoms with Crippen LogP contribution in [0.25, 0.3) is 10.2 Å². The molecule has 0 aliphatic carbocycles. The van der Waals surface area contributed by atoms with Crippen LogP contribution in [0, 0.1) is 0 Å². The Morgan fingerprint density at radius 2 is 0.677 bits per heavy atom. The van der Waals surface area contributed by atoms with E-state index in [1.807, 2.05) is 0 Å². The first kappa shape index (κ1) is 60.2. The van der Waals surface area contributed by atoms with Crippen molar-refractivity contribution in [3.05, 3.63) is 24.3 Å². The van der Waals surface area contributed by atoms with Crippen LogP contribution in [-0.4, -0.2) is 12.5 Å². The van der Waals surface area contributed by atoms with Gasteiger partial charge < -0.3 is 0 Å². The van der Waals surface area contributed by atoms with E-state index in [1.165, 1.54) is 24.3 Å². The van der Waals surface area contributed by atoms with Crippen molar-refractivity contribution in [2.75, 3.05) is 0 Å². The summed E-state index contributed by atoms with van der Waals surface area (Å²) in [5.74, 6) is 0. The van der Waals surface area contributed by atoms with Gasteiger partial charge in [0.05, 0.1) is 0 Å². The van der Waals surface area contributed by atoms with E-state index in [9.17, 15) is 86.1 Å². The molecule has 1 aromatic heterocycles. The van der Waals surface area contributed by atoms with Gasteiger partial charge >= 0.3 is 390 Å². The molecule has 0 aliphatic rings. The molecule has 1 heterocycles. The van der Waals surface area contributed by atoms with Gasteiger partial charge in [0, 0.05) is 0 Å². The fourth-order valence-electron chi connectivity index (χ4n) is 2.39. The standard InChI is InChI=1S/C7H5NOS.12Mo.H3O4P.2H2O.33O/c9-7-8-5-3-1-2-4-6(5)10-7;;;;;;;;;;;;;1-5(2,3)4;;;;;;;;;;;;;;;;;;;;;;;;;;;;;;;;;;;/h1-4H,(H,8,9);;;;;;;;;;;;;(H3,1,2,3,4);2*1H2;;;;;;;;;;;;;;;;;;;;;;;;;;;;;;;;;/q;;;;;;;6*+1;;;;;;;;;;;;;;;;;;;;;;;;;;;;;;;;;;;;/p-6. The van der Waals surface area contributed by atoms with Crippen LogP contribution in [0.1, 0.15) is 0 Å². The zero-order valence-electron chi connectivity index (χ0n) is 26.4. The molecule has 362 valence electrons. The summed E-state index contributed by atoms with van der Waals surface area (Å²) in [6, 6.07) is 5.45. The normalized spacial score (nSPS) is 15.1. The summed E-state index contributed by atoms with van der Waals surface area (Å²) in [6.07, 6.45) is 0. The molecule has 1 aromatic carbocycles. The van der Waals surface area contributed by atoms with Gasteiger partial charge in [-0.3, -0.25) is 0 Å². The van der Waals surface area contributed by atoms with Gasteiger partial charge in [-0.05, 0) is 0 Å². The molecular weight excluding hydrogens is 1950 g/mol. The molecule has 0 aliphatic heterocycles. The van der Waals surface area contributed by atoms with Crippen molar-refractivity contribution in [3.8, 4) is 5.19 Å². The third kappa shape index (κ3) is 24.0. The Morgan fingerprint density at radius 3 is 0.984 bits per heavy atom. The number of fused-ring (bicyclic) bond motifs is 1. The topological polar surface area (TPSA) is 600 Å². The van der Waals surface area contributed by atoms with Crippen molar-refractivity contribution in [2.45, 2.75) is 0 Å². The van der Waals surface area contributed by atoms with Gasteiger partial charge in [0.1, 0.15) is 0 Å². The average Bonchev–Trinajstić information content (AvgIpc) is 3.24. The van der Waals surface area contributed by atoms with Crippen molar-refractivity contribution in [1.82, 2.24) is 4.98 Å². The van der Waals surface area contributed by atoms with Gasteiger partial charge in [-0.15, -0.1) is 0 Å². The molecule has 55 heteroatoms. The van der Waals surface area contributed by atoms with Crippen LogP contribution in [0.4, 0.5) is 0 Å². The second-order valence-electron chi connectivity index (χ2n) is 8.25. The number of nitrogens with zero attached hydrogens (tertiary/aromatic N) is 1. The number of benzene rings is 1. The van der Waals surface area contributed by atoms with Gasteiger partial charge in [-0.2, -0.15) is 0 Å². The van der Waals surface area contributed by atoms with Crippen molar-refractivity contribution in [2.24, 2.45) is 0 Å². The summed E-state index contributed by atoms with van der Waals surface area (Å²) in [7, 11) is -7.95. The zero-order valence-corrected chi connectivity index (χ0v) is 52.2. The molecule has 2 N–H and O–H groups in total. The molecule has 41 nitrogen and oxygen atoms in total. The minimum absolute atomic E-state index is 0.0533. The van der Waals surface area contributed by atoms with Crippen LogP contribution in [-0.2, 0) is 315 Å². The maximum absolute atomic E-state index is 13.0. The molecule has 0 fully saturated rings. The van der Waals surface area contributed by atoms with E-state index in [0.29, 0.717) is 11.3 Å². The fourth-order valence-corrected chi connectivity index (χ4v) is 63.7. The van der Waals surface area contributed by atoms with Crippen molar-refractivity contribution >= 4 is 29.4 Å². The third-order valence-electron chi connectivity index (χ3n) is 3.50. The Kier molecular flexibility index (Phi) is 20.2. The Labute approximate surface area is 382 Å². The molecule has 2 aromatic rings. The van der Waals surface area contributed by atoms with Crippen LogP contribution in [0.5, 0.6) is 5.19 Å². The van der Waals surface area contributed by atoms with E-state index in [1.54, 1.807) is 0 Å². The molecule has 0 saturated carbocycles. The zero-order chi connectivity index (χ0) is 48.7. The summed E-state index contributed by atoms with van der Waals surface area (Å²) >= 11 is -97.5. The van der Waals surface area contributed by atoms with Crippen molar-refractivity contribution in [1.29, 1.82) is 0 Å². The second kappa shape index (κ2) is 20.8. The fraction of sp³-hybridized carbons (Fsp3) is 0. The molecular formula is C7H6Mo12NO40PS. The number of aromatic nitrogens is 1. The molecule has 0 amide bonds. The van der Waals surface area contributed by atoms with Crippen LogP contribution < -0.4 is 3.39 Å². The predicted molar refractivity (Wildman–Crippen MR) is 81.8 cm³/mol. The first-order valence-corrected chi connectivity index (χ1v) is 53.4. The third-order valence-corrected chi connectivity index (χ3v) is 65.9. The Balaban J connectivity index is 2.50. The van der Waals surface area contributed by atoms with E-state index >= 15 is 0 Å². The van der Waals surface area contributed by atoms with Crippen LogP contribution in [0.3, 0.4) is 0 Å². The van der Waals surface area contributed by atoms with Crippen LogP contribution in [0.15, 0.2) is 24.3 Å². The second-order valence-corrected chi connectivity index (χ2v) is 59.4. The average molecular weight is 1960 g/mol. The van der Waals surface area contributed by atoms with Gasteiger partial charge in [0.15, 0.2) is 0 Å². The predicted octanol–water partition coefficient (Wildman–Crippen LogP) is -1.93. The summed E-state index contributed by atoms with van der Waals surface area (Å²) in [4.78, 5) is 3.59. The number of hydrogen-bond acceptors (Lipinski definition) is 40. The molecule has 2 rings (SSSR count). The first-order valence-electron chi connectivity index (χ1n) is 11.6. The quantitative estimate of drug-likeness (QED) is 0.0765. The Hall–Kier alpha value is 2.04. The minimum atomic E-state index is -8.87. The summed E-state index contributed by atoms with van der Waals surface area (Å²) < 4.78 is 354. The molecule has 0 bridgehead atoms.